The van der Waals surface area contributed by atoms with E-state index in [4.69, 9.17) is 10.7 Å². The Morgan fingerprint density at radius 2 is 1.61 bits per heavy atom. The Balaban J connectivity index is 1.22. The van der Waals surface area contributed by atoms with Crippen LogP contribution in [-0.4, -0.2) is 67.3 Å². The first kappa shape index (κ1) is 35.8. The van der Waals surface area contributed by atoms with Crippen molar-refractivity contribution in [2.24, 2.45) is 63.0 Å². The summed E-state index contributed by atoms with van der Waals surface area (Å²) in [7, 11) is 0. The number of nitrogens with one attached hydrogen (secondary N) is 2. The normalized spacial score (nSPS) is 37.3. The second-order valence-electron chi connectivity index (χ2n) is 16.0. The summed E-state index contributed by atoms with van der Waals surface area (Å²) >= 11 is 0. The van der Waals surface area contributed by atoms with Crippen molar-refractivity contribution in [1.82, 2.24) is 10.6 Å². The number of carbonyl (C=O) groups is 1. The summed E-state index contributed by atoms with van der Waals surface area (Å²) in [6, 6.07) is 0. The van der Waals surface area contributed by atoms with Crippen LogP contribution in [0.25, 0.3) is 0 Å². The van der Waals surface area contributed by atoms with Gasteiger partial charge in [0, 0.05) is 12.3 Å². The number of nitrogens with two attached hydrogens (primary N) is 1. The van der Waals surface area contributed by atoms with Gasteiger partial charge in [0.2, 0.25) is 0 Å². The molecule has 0 aliphatic heterocycles. The van der Waals surface area contributed by atoms with Gasteiger partial charge in [0.1, 0.15) is 0 Å². The van der Waals surface area contributed by atoms with E-state index in [1.807, 2.05) is 6.92 Å². The third-order valence-electron chi connectivity index (χ3n) is 13.4. The smallest absolute Gasteiger partial charge is 0.306 e. The maximum atomic E-state index is 11.8. The maximum absolute atomic E-state index is 11.8. The molecule has 4 saturated carbocycles. The SMILES string of the molecule is C[C@H](CCC[C@@H](C)[C@H]1CCC2C3C(CC[C@@]21C)[C@@]1(C)CCC(=NCCCNCCCCNCCCN)C[C@@H]1C[C@H]3O)C(=O)O. The van der Waals surface area contributed by atoms with E-state index in [0.29, 0.717) is 46.3 Å². The van der Waals surface area contributed by atoms with Crippen LogP contribution in [0.2, 0.25) is 0 Å². The Kier molecular flexibility index (Phi) is 13.6. The molecule has 4 aliphatic carbocycles. The molecule has 0 aromatic rings. The number of carboxylic acids is 1. The lowest BCUT2D eigenvalue weighted by Crippen LogP contribution is -2.58. The summed E-state index contributed by atoms with van der Waals surface area (Å²) < 4.78 is 0. The summed E-state index contributed by atoms with van der Waals surface area (Å²) in [5, 5.41) is 28.1. The van der Waals surface area contributed by atoms with Gasteiger partial charge in [0.25, 0.3) is 0 Å². The molecular formula is C37H68N4O3. The van der Waals surface area contributed by atoms with Crippen LogP contribution in [0.15, 0.2) is 4.99 Å². The van der Waals surface area contributed by atoms with E-state index in [1.165, 1.54) is 50.7 Å². The number of aliphatic carboxylic acids is 1. The van der Waals surface area contributed by atoms with Gasteiger partial charge in [-0.3, -0.25) is 9.79 Å². The standard InChI is InChI=1S/C37H68N4O3/c1-26(10-7-11-27(2)35(43)44)30-12-13-31-34-32(15-17-37(30,31)4)36(3)16-14-29(24-28(36)25-33(34)42)41-23-9-22-40-20-6-5-19-39-21-8-18-38/h26-28,30-34,39-40,42H,5-25,38H2,1-4H3,(H,43,44)/t26-,27-,28-,30-,31?,32?,33-,34?,36+,37-/m1/s1. The molecule has 7 nitrogen and oxygen atoms in total. The predicted octanol–water partition coefficient (Wildman–Crippen LogP) is 6.28. The quantitative estimate of drug-likeness (QED) is 0.116. The molecule has 0 aromatic carbocycles. The topological polar surface area (TPSA) is 120 Å². The molecule has 7 heteroatoms. The third-order valence-corrected chi connectivity index (χ3v) is 13.4. The van der Waals surface area contributed by atoms with E-state index in [-0.39, 0.29) is 12.0 Å². The number of hydrogen-bond acceptors (Lipinski definition) is 6. The van der Waals surface area contributed by atoms with E-state index in [1.54, 1.807) is 0 Å². The molecule has 10 atom stereocenters. The van der Waals surface area contributed by atoms with E-state index >= 15 is 0 Å². The molecular weight excluding hydrogens is 548 g/mol. The van der Waals surface area contributed by atoms with E-state index in [2.05, 4.69) is 31.4 Å². The first-order valence-corrected chi connectivity index (χ1v) is 18.7. The highest BCUT2D eigenvalue weighted by molar-refractivity contribution is 5.85. The Morgan fingerprint density at radius 3 is 2.32 bits per heavy atom. The predicted molar refractivity (Wildman–Crippen MR) is 182 cm³/mol. The molecule has 6 N–H and O–H groups in total. The zero-order valence-corrected chi connectivity index (χ0v) is 28.8. The number of fused-ring (bicyclic) bond motifs is 5. The Hall–Kier alpha value is -1.02. The van der Waals surface area contributed by atoms with Gasteiger partial charge in [-0.2, -0.15) is 0 Å². The Morgan fingerprint density at radius 1 is 0.932 bits per heavy atom. The molecule has 0 saturated heterocycles. The largest absolute Gasteiger partial charge is 0.481 e. The van der Waals surface area contributed by atoms with Gasteiger partial charge in [-0.15, -0.1) is 0 Å². The van der Waals surface area contributed by atoms with E-state index < -0.39 is 5.97 Å². The highest BCUT2D eigenvalue weighted by Gasteiger charge is 2.62. The second kappa shape index (κ2) is 16.7. The lowest BCUT2D eigenvalue weighted by Gasteiger charge is -2.62. The maximum Gasteiger partial charge on any atom is 0.306 e. The summed E-state index contributed by atoms with van der Waals surface area (Å²) in [5.74, 6) is 2.72. The molecule has 0 radical (unpaired) electrons. The molecule has 4 aliphatic rings. The summed E-state index contributed by atoms with van der Waals surface area (Å²) in [4.78, 5) is 16.4. The summed E-state index contributed by atoms with van der Waals surface area (Å²) in [5.41, 5.74) is 7.60. The fourth-order valence-electron chi connectivity index (χ4n) is 10.6. The number of hydrogen-bond donors (Lipinski definition) is 5. The lowest BCUT2D eigenvalue weighted by molar-refractivity contribution is -0.157. The zero-order valence-electron chi connectivity index (χ0n) is 28.8. The van der Waals surface area contributed by atoms with Crippen LogP contribution in [-0.2, 0) is 4.79 Å². The van der Waals surface area contributed by atoms with Gasteiger partial charge in [0.15, 0.2) is 0 Å². The van der Waals surface area contributed by atoms with E-state index in [0.717, 1.165) is 90.6 Å². The minimum absolute atomic E-state index is 0.174. The highest BCUT2D eigenvalue weighted by Crippen LogP contribution is 2.68. The number of aliphatic hydroxyl groups excluding tert-OH is 1. The molecule has 0 bridgehead atoms. The minimum atomic E-state index is -0.666. The van der Waals surface area contributed by atoms with E-state index in [9.17, 15) is 15.0 Å². The van der Waals surface area contributed by atoms with Crippen LogP contribution in [0.3, 0.4) is 0 Å². The number of aliphatic imine (C=N–C) groups is 1. The molecule has 4 fully saturated rings. The van der Waals surface area contributed by atoms with Gasteiger partial charge in [-0.05, 0) is 163 Å². The van der Waals surface area contributed by atoms with Crippen molar-refractivity contribution in [3.05, 3.63) is 0 Å². The molecule has 4 rings (SSSR count). The first-order valence-electron chi connectivity index (χ1n) is 18.7. The van der Waals surface area contributed by atoms with Gasteiger partial charge in [0.05, 0.1) is 12.0 Å². The average Bonchev–Trinajstić information content (AvgIpc) is 3.35. The average molecular weight is 617 g/mol. The molecule has 3 unspecified atom stereocenters. The van der Waals surface area contributed by atoms with Crippen LogP contribution < -0.4 is 16.4 Å². The van der Waals surface area contributed by atoms with Gasteiger partial charge >= 0.3 is 5.97 Å². The van der Waals surface area contributed by atoms with Crippen LogP contribution >= 0.6 is 0 Å². The molecule has 44 heavy (non-hydrogen) atoms. The fraction of sp³-hybridized carbons (Fsp3) is 0.946. The molecule has 0 amide bonds. The van der Waals surface area contributed by atoms with Gasteiger partial charge in [-0.25, -0.2) is 0 Å². The molecule has 0 aromatic heterocycles. The highest BCUT2D eigenvalue weighted by atomic mass is 16.4. The zero-order chi connectivity index (χ0) is 31.7. The van der Waals surface area contributed by atoms with Crippen molar-refractivity contribution >= 4 is 11.7 Å². The van der Waals surface area contributed by atoms with Gasteiger partial charge < -0.3 is 26.6 Å². The number of unbranched alkanes of at least 4 members (excludes halogenated alkanes) is 1. The van der Waals surface area contributed by atoms with Crippen molar-refractivity contribution < 1.29 is 15.0 Å². The number of aliphatic hydroxyl groups is 1. The molecule has 0 heterocycles. The monoisotopic (exact) mass is 617 g/mol. The van der Waals surface area contributed by atoms with Crippen molar-refractivity contribution in [2.45, 2.75) is 130 Å². The van der Waals surface area contributed by atoms with Crippen molar-refractivity contribution in [2.75, 3.05) is 39.3 Å². The van der Waals surface area contributed by atoms with Crippen LogP contribution in [0, 0.1) is 52.3 Å². The molecule has 254 valence electrons. The summed E-state index contributed by atoms with van der Waals surface area (Å²) in [6.45, 7) is 15.3. The van der Waals surface area contributed by atoms with Crippen LogP contribution in [0.4, 0.5) is 0 Å². The number of carboxylic acid groups (broad SMARTS) is 1. The second-order valence-corrected chi connectivity index (χ2v) is 16.0. The van der Waals surface area contributed by atoms with Gasteiger partial charge in [-0.1, -0.05) is 40.5 Å². The van der Waals surface area contributed by atoms with Crippen molar-refractivity contribution in [3.8, 4) is 0 Å². The number of nitrogens with zero attached hydrogens (tertiary/aromatic N) is 1. The van der Waals surface area contributed by atoms with Crippen LogP contribution in [0.5, 0.6) is 0 Å². The first-order chi connectivity index (χ1) is 21.1. The van der Waals surface area contributed by atoms with Crippen LogP contribution in [0.1, 0.15) is 124 Å². The lowest BCUT2D eigenvalue weighted by atomic mass is 9.43. The Bertz CT molecular complexity index is 928. The summed E-state index contributed by atoms with van der Waals surface area (Å²) in [6.07, 6.45) is 16.9. The van der Waals surface area contributed by atoms with Crippen molar-refractivity contribution in [1.29, 1.82) is 0 Å². The number of rotatable bonds is 18. The fourth-order valence-corrected chi connectivity index (χ4v) is 10.6. The minimum Gasteiger partial charge on any atom is -0.481 e. The third kappa shape index (κ3) is 8.46. The van der Waals surface area contributed by atoms with Crippen molar-refractivity contribution in [3.63, 3.8) is 0 Å². The molecule has 0 spiro atoms. The Labute approximate surface area is 269 Å².